The molecule has 7 nitrogen and oxygen atoms in total. The molecule has 0 saturated heterocycles. The Morgan fingerprint density at radius 1 is 1.24 bits per heavy atom. The quantitative estimate of drug-likeness (QED) is 0.655. The number of ether oxygens (including phenoxy) is 2. The highest BCUT2D eigenvalue weighted by atomic mass is 35.5. The maximum atomic E-state index is 14.2. The third-order valence-corrected chi connectivity index (χ3v) is 4.23. The van der Waals surface area contributed by atoms with Crippen LogP contribution < -0.4 is 14.2 Å². The average molecular weight is 469 g/mol. The SMILES string of the molecule is CC(C)(F)COc1ncc(Oc2cc(F)c(C(=O)NS(C)(=O)=O)cc2Cl)cc1Cl. The Kier molecular flexibility index (Phi) is 6.92. The summed E-state index contributed by atoms with van der Waals surface area (Å²) in [5.74, 6) is -2.36. The van der Waals surface area contributed by atoms with E-state index >= 15 is 0 Å². The van der Waals surface area contributed by atoms with Crippen LogP contribution in [-0.2, 0) is 10.0 Å². The van der Waals surface area contributed by atoms with Crippen LogP contribution in [0.3, 0.4) is 0 Å². The summed E-state index contributed by atoms with van der Waals surface area (Å²) in [7, 11) is -3.88. The molecular weight excluding hydrogens is 453 g/mol. The second-order valence-corrected chi connectivity index (χ2v) is 9.10. The topological polar surface area (TPSA) is 94.6 Å². The molecule has 0 atom stereocenters. The summed E-state index contributed by atoms with van der Waals surface area (Å²) in [5, 5.41) is -0.145. The second-order valence-electron chi connectivity index (χ2n) is 6.53. The van der Waals surface area contributed by atoms with Gasteiger partial charge in [0.2, 0.25) is 15.9 Å². The summed E-state index contributed by atoms with van der Waals surface area (Å²) in [6, 6.07) is 3.03. The molecule has 0 aliphatic rings. The molecule has 29 heavy (non-hydrogen) atoms. The number of alkyl halides is 1. The third kappa shape index (κ3) is 6.98. The van der Waals surface area contributed by atoms with Gasteiger partial charge in [-0.2, -0.15) is 0 Å². The third-order valence-electron chi connectivity index (χ3n) is 3.11. The minimum atomic E-state index is -3.88. The predicted molar refractivity (Wildman–Crippen MR) is 104 cm³/mol. The largest absolute Gasteiger partial charge is 0.473 e. The van der Waals surface area contributed by atoms with Crippen LogP contribution in [0.4, 0.5) is 8.78 Å². The molecular formula is C17H16Cl2F2N2O5S. The van der Waals surface area contributed by atoms with Gasteiger partial charge in [0, 0.05) is 12.1 Å². The minimum Gasteiger partial charge on any atom is -0.473 e. The van der Waals surface area contributed by atoms with Crippen molar-refractivity contribution >= 4 is 39.1 Å². The maximum absolute atomic E-state index is 14.2. The number of halogens is 4. The van der Waals surface area contributed by atoms with E-state index in [2.05, 4.69) is 4.98 Å². The highest BCUT2D eigenvalue weighted by Gasteiger charge is 2.20. The average Bonchev–Trinajstić information content (AvgIpc) is 2.54. The van der Waals surface area contributed by atoms with Crippen LogP contribution in [0, 0.1) is 5.82 Å². The van der Waals surface area contributed by atoms with E-state index in [1.165, 1.54) is 26.1 Å². The number of carbonyl (C=O) groups excluding carboxylic acids is 1. The highest BCUT2D eigenvalue weighted by Crippen LogP contribution is 2.34. The second kappa shape index (κ2) is 8.68. The Bertz CT molecular complexity index is 1040. The fraction of sp³-hybridized carbons (Fsp3) is 0.294. The molecule has 1 amide bonds. The first-order valence-electron chi connectivity index (χ1n) is 7.91. The molecule has 0 saturated carbocycles. The van der Waals surface area contributed by atoms with Crippen molar-refractivity contribution in [3.05, 3.63) is 45.8 Å². The molecule has 0 fully saturated rings. The molecule has 1 N–H and O–H groups in total. The zero-order valence-corrected chi connectivity index (χ0v) is 17.8. The molecule has 1 aromatic heterocycles. The van der Waals surface area contributed by atoms with Crippen LogP contribution in [0.2, 0.25) is 10.0 Å². The molecule has 0 unspecified atom stereocenters. The van der Waals surface area contributed by atoms with E-state index in [0.717, 1.165) is 18.4 Å². The lowest BCUT2D eigenvalue weighted by molar-refractivity contribution is 0.0977. The number of sulfonamides is 1. The number of hydrogen-bond donors (Lipinski definition) is 1. The minimum absolute atomic E-state index is 0.0187. The standard InChI is InChI=1S/C17H16Cl2F2N2O5S/c1-17(2,21)8-27-16-12(19)4-9(7-22-16)28-14-6-13(20)10(5-11(14)18)15(24)23-29(3,25)26/h4-7H,8H2,1-3H3,(H,23,24). The van der Waals surface area contributed by atoms with Gasteiger partial charge in [-0.15, -0.1) is 0 Å². The molecule has 0 spiro atoms. The van der Waals surface area contributed by atoms with E-state index in [1.54, 1.807) is 4.72 Å². The molecule has 0 aliphatic heterocycles. The Hall–Kier alpha value is -2.17. The van der Waals surface area contributed by atoms with Crippen molar-refractivity contribution in [2.75, 3.05) is 12.9 Å². The number of hydrogen-bond acceptors (Lipinski definition) is 6. The van der Waals surface area contributed by atoms with E-state index in [4.69, 9.17) is 32.7 Å². The van der Waals surface area contributed by atoms with Gasteiger partial charge in [-0.1, -0.05) is 23.2 Å². The van der Waals surface area contributed by atoms with E-state index in [9.17, 15) is 22.0 Å². The number of carbonyl (C=O) groups is 1. The van der Waals surface area contributed by atoms with Gasteiger partial charge < -0.3 is 9.47 Å². The van der Waals surface area contributed by atoms with Crippen molar-refractivity contribution < 1.29 is 31.5 Å². The molecule has 0 aliphatic carbocycles. The molecule has 1 aromatic carbocycles. The number of benzene rings is 1. The molecule has 2 aromatic rings. The summed E-state index contributed by atoms with van der Waals surface area (Å²) in [6.45, 7) is 2.39. The van der Waals surface area contributed by atoms with Crippen LogP contribution in [0.5, 0.6) is 17.4 Å². The Morgan fingerprint density at radius 3 is 2.45 bits per heavy atom. The Labute approximate surface area is 176 Å². The summed E-state index contributed by atoms with van der Waals surface area (Å²) in [5.41, 5.74) is -2.17. The van der Waals surface area contributed by atoms with Gasteiger partial charge in [-0.3, -0.25) is 4.79 Å². The smallest absolute Gasteiger partial charge is 0.267 e. The van der Waals surface area contributed by atoms with Gasteiger partial charge in [0.25, 0.3) is 5.91 Å². The van der Waals surface area contributed by atoms with Gasteiger partial charge in [0.05, 0.1) is 23.0 Å². The lowest BCUT2D eigenvalue weighted by Gasteiger charge is -2.15. The molecule has 12 heteroatoms. The fourth-order valence-corrected chi connectivity index (χ4v) is 2.80. The zero-order chi connectivity index (χ0) is 22.0. The van der Waals surface area contributed by atoms with Crippen molar-refractivity contribution in [2.45, 2.75) is 19.5 Å². The molecule has 2 rings (SSSR count). The van der Waals surface area contributed by atoms with E-state index in [1.807, 2.05) is 0 Å². The Morgan fingerprint density at radius 2 is 1.90 bits per heavy atom. The van der Waals surface area contributed by atoms with Crippen LogP contribution in [0.15, 0.2) is 24.4 Å². The van der Waals surface area contributed by atoms with Gasteiger partial charge in [0.1, 0.15) is 34.6 Å². The van der Waals surface area contributed by atoms with Gasteiger partial charge in [-0.05, 0) is 19.9 Å². The number of rotatable bonds is 7. The van der Waals surface area contributed by atoms with E-state index in [-0.39, 0.29) is 34.0 Å². The van der Waals surface area contributed by atoms with E-state index < -0.39 is 33.0 Å². The first kappa shape index (κ1) is 23.1. The van der Waals surface area contributed by atoms with Crippen LogP contribution in [-0.4, -0.2) is 37.8 Å². The lowest BCUT2D eigenvalue weighted by Crippen LogP contribution is -2.30. The fourth-order valence-electron chi connectivity index (χ4n) is 1.94. The maximum Gasteiger partial charge on any atom is 0.267 e. The van der Waals surface area contributed by atoms with Gasteiger partial charge >= 0.3 is 0 Å². The normalized spacial score (nSPS) is 11.8. The Balaban J connectivity index is 2.21. The van der Waals surface area contributed by atoms with Crippen molar-refractivity contribution in [2.24, 2.45) is 0 Å². The predicted octanol–water partition coefficient (Wildman–Crippen LogP) is 4.14. The summed E-state index contributed by atoms with van der Waals surface area (Å²) in [6.07, 6.45) is 1.95. The molecule has 0 bridgehead atoms. The highest BCUT2D eigenvalue weighted by molar-refractivity contribution is 7.89. The number of aromatic nitrogens is 1. The van der Waals surface area contributed by atoms with E-state index in [0.29, 0.717) is 0 Å². The summed E-state index contributed by atoms with van der Waals surface area (Å²) >= 11 is 12.0. The van der Waals surface area contributed by atoms with Crippen molar-refractivity contribution in [1.29, 1.82) is 0 Å². The van der Waals surface area contributed by atoms with Crippen molar-refractivity contribution in [1.82, 2.24) is 9.71 Å². The number of nitrogens with zero attached hydrogens (tertiary/aromatic N) is 1. The summed E-state index contributed by atoms with van der Waals surface area (Å²) in [4.78, 5) is 15.7. The monoisotopic (exact) mass is 468 g/mol. The molecule has 1 heterocycles. The first-order chi connectivity index (χ1) is 13.2. The lowest BCUT2D eigenvalue weighted by atomic mass is 10.2. The molecule has 0 radical (unpaired) electrons. The molecule has 158 valence electrons. The van der Waals surface area contributed by atoms with Crippen LogP contribution in [0.25, 0.3) is 0 Å². The number of amides is 1. The number of nitrogens with one attached hydrogen (secondary N) is 1. The van der Waals surface area contributed by atoms with Crippen LogP contribution in [0.1, 0.15) is 24.2 Å². The van der Waals surface area contributed by atoms with Crippen LogP contribution >= 0.6 is 23.2 Å². The zero-order valence-electron chi connectivity index (χ0n) is 15.4. The van der Waals surface area contributed by atoms with Crippen molar-refractivity contribution in [3.8, 4) is 17.4 Å². The van der Waals surface area contributed by atoms with Crippen molar-refractivity contribution in [3.63, 3.8) is 0 Å². The number of pyridine rings is 1. The summed E-state index contributed by atoms with van der Waals surface area (Å²) < 4.78 is 62.2. The van der Waals surface area contributed by atoms with Gasteiger partial charge in [-0.25, -0.2) is 26.9 Å². The first-order valence-corrected chi connectivity index (χ1v) is 10.6. The van der Waals surface area contributed by atoms with Gasteiger partial charge in [0.15, 0.2) is 0 Å².